The van der Waals surface area contributed by atoms with Gasteiger partial charge in [-0.3, -0.25) is 9.59 Å². The van der Waals surface area contributed by atoms with Gasteiger partial charge in [-0.1, -0.05) is 18.2 Å². The maximum absolute atomic E-state index is 13.4. The van der Waals surface area contributed by atoms with Gasteiger partial charge in [0.2, 0.25) is 5.78 Å². The van der Waals surface area contributed by atoms with Crippen LogP contribution < -0.4 is 10.5 Å². The summed E-state index contributed by atoms with van der Waals surface area (Å²) in [6, 6.07) is 22.3. The number of nitrogens with one attached hydrogen (secondary N) is 1. The fourth-order valence-corrected chi connectivity index (χ4v) is 4.72. The molecule has 196 valence electrons. The van der Waals surface area contributed by atoms with E-state index in [2.05, 4.69) is 10.1 Å². The summed E-state index contributed by atoms with van der Waals surface area (Å²) in [5, 5.41) is 5.16. The summed E-state index contributed by atoms with van der Waals surface area (Å²) in [4.78, 5) is 31.2. The number of aryl methyl sites for hydroxylation is 1. The van der Waals surface area contributed by atoms with E-state index in [1.165, 1.54) is 10.9 Å². The second-order valence-corrected chi connectivity index (χ2v) is 9.44. The zero-order valence-electron chi connectivity index (χ0n) is 21.4. The molecule has 0 atom stereocenters. The Bertz CT molecular complexity index is 1680. The summed E-state index contributed by atoms with van der Waals surface area (Å²) in [5.41, 5.74) is 10.0. The first-order chi connectivity index (χ1) is 19.0. The molecule has 1 fully saturated rings. The molecule has 3 heterocycles. The lowest BCUT2D eigenvalue weighted by atomic mass is 10.1. The Morgan fingerprint density at radius 1 is 1.00 bits per heavy atom. The van der Waals surface area contributed by atoms with Crippen molar-refractivity contribution in [2.24, 2.45) is 0 Å². The van der Waals surface area contributed by atoms with Gasteiger partial charge in [0, 0.05) is 29.6 Å². The third-order valence-corrected chi connectivity index (χ3v) is 6.84. The van der Waals surface area contributed by atoms with Crippen LogP contribution in [0.5, 0.6) is 11.5 Å². The van der Waals surface area contributed by atoms with Crippen LogP contribution in [0.25, 0.3) is 16.6 Å². The second kappa shape index (κ2) is 10.1. The molecular weight excluding hydrogens is 494 g/mol. The molecule has 0 saturated carbocycles. The number of rotatable bonds is 6. The van der Waals surface area contributed by atoms with E-state index in [1.807, 2.05) is 61.5 Å². The number of benzene rings is 3. The largest absolute Gasteiger partial charge is 0.457 e. The molecule has 1 aliphatic heterocycles. The molecule has 6 rings (SSSR count). The Kier molecular flexibility index (Phi) is 6.34. The summed E-state index contributed by atoms with van der Waals surface area (Å²) in [7, 11) is 0. The van der Waals surface area contributed by atoms with Crippen LogP contribution in [-0.4, -0.2) is 57.7 Å². The number of fused-ring (bicyclic) bond motifs is 1. The van der Waals surface area contributed by atoms with Gasteiger partial charge in [0.05, 0.1) is 36.4 Å². The molecule has 39 heavy (non-hydrogen) atoms. The maximum Gasteiger partial charge on any atom is 0.254 e. The van der Waals surface area contributed by atoms with Crippen LogP contribution in [-0.2, 0) is 4.74 Å². The second-order valence-electron chi connectivity index (χ2n) is 9.44. The quantitative estimate of drug-likeness (QED) is 0.312. The van der Waals surface area contributed by atoms with Crippen LogP contribution in [0.3, 0.4) is 0 Å². The number of aromatic amines is 1. The van der Waals surface area contributed by atoms with Crippen molar-refractivity contribution in [2.45, 2.75) is 6.92 Å². The number of ether oxygens (including phenoxy) is 2. The van der Waals surface area contributed by atoms with E-state index in [9.17, 15) is 9.59 Å². The predicted octanol–water partition coefficient (Wildman–Crippen LogP) is 4.74. The lowest BCUT2D eigenvalue weighted by molar-refractivity contribution is 0.0303. The van der Waals surface area contributed by atoms with Crippen LogP contribution in [0.1, 0.15) is 32.0 Å². The van der Waals surface area contributed by atoms with E-state index >= 15 is 0 Å². The molecule has 3 N–H and O–H groups in total. The van der Waals surface area contributed by atoms with Crippen molar-refractivity contribution in [2.75, 3.05) is 32.0 Å². The van der Waals surface area contributed by atoms with Crippen molar-refractivity contribution in [3.63, 3.8) is 0 Å². The Balaban J connectivity index is 1.23. The van der Waals surface area contributed by atoms with Gasteiger partial charge in [-0.05, 0) is 67.1 Å². The molecule has 0 spiro atoms. The fourth-order valence-electron chi connectivity index (χ4n) is 4.72. The van der Waals surface area contributed by atoms with Gasteiger partial charge in [-0.15, -0.1) is 0 Å². The summed E-state index contributed by atoms with van der Waals surface area (Å²) in [6.07, 6.45) is 1.47. The van der Waals surface area contributed by atoms with Crippen LogP contribution >= 0.6 is 0 Å². The summed E-state index contributed by atoms with van der Waals surface area (Å²) in [5.74, 6) is 1.37. The van der Waals surface area contributed by atoms with Crippen LogP contribution in [0, 0.1) is 6.92 Å². The topological polar surface area (TPSA) is 115 Å². The average molecular weight is 522 g/mol. The molecule has 0 radical (unpaired) electrons. The number of anilines is 1. The van der Waals surface area contributed by atoms with Crippen molar-refractivity contribution in [1.29, 1.82) is 0 Å². The van der Waals surface area contributed by atoms with Crippen molar-refractivity contribution in [1.82, 2.24) is 19.7 Å². The maximum atomic E-state index is 13.4. The molecule has 3 aromatic carbocycles. The van der Waals surface area contributed by atoms with Crippen LogP contribution in [0.15, 0.2) is 79.0 Å². The molecule has 0 unspecified atom stereocenters. The standard InChI is InChI=1S/C30H27N5O4/c1-19-15-22(8-10-27(19)39-23-5-3-2-4-6-23)35-29(31)24(18-32-35)28(36)26-17-21-16-20(7-9-25(21)33-26)30(37)34-11-13-38-14-12-34/h2-10,15-18,33H,11-14,31H2,1H3. The third-order valence-electron chi connectivity index (χ3n) is 6.84. The first kappa shape index (κ1) is 24.4. The molecule has 1 amide bonds. The van der Waals surface area contributed by atoms with E-state index < -0.39 is 0 Å². The van der Waals surface area contributed by atoms with E-state index in [0.29, 0.717) is 43.2 Å². The number of carbonyl (C=O) groups excluding carboxylic acids is 2. The number of ketones is 1. The van der Waals surface area contributed by atoms with E-state index in [-0.39, 0.29) is 23.1 Å². The first-order valence-electron chi connectivity index (χ1n) is 12.7. The summed E-state index contributed by atoms with van der Waals surface area (Å²) in [6.45, 7) is 4.16. The number of hydrogen-bond donors (Lipinski definition) is 2. The SMILES string of the molecule is Cc1cc(-n2ncc(C(=O)c3cc4cc(C(=O)N5CCOCC5)ccc4[nH]3)c2N)ccc1Oc1ccccc1. The van der Waals surface area contributed by atoms with E-state index in [1.54, 1.807) is 23.1 Å². The van der Waals surface area contributed by atoms with Crippen LogP contribution in [0.4, 0.5) is 5.82 Å². The Labute approximate surface area is 224 Å². The molecule has 1 aliphatic rings. The van der Waals surface area contributed by atoms with E-state index in [0.717, 1.165) is 28.0 Å². The fraction of sp³-hybridized carbons (Fsp3) is 0.167. The smallest absolute Gasteiger partial charge is 0.254 e. The number of nitrogen functional groups attached to an aromatic ring is 1. The zero-order chi connectivity index (χ0) is 26.9. The number of H-pyrrole nitrogens is 1. The highest BCUT2D eigenvalue weighted by molar-refractivity contribution is 6.13. The highest BCUT2D eigenvalue weighted by atomic mass is 16.5. The van der Waals surface area contributed by atoms with Gasteiger partial charge in [-0.2, -0.15) is 5.10 Å². The molecule has 9 heteroatoms. The highest BCUT2D eigenvalue weighted by Crippen LogP contribution is 2.29. The Morgan fingerprint density at radius 3 is 2.56 bits per heavy atom. The van der Waals surface area contributed by atoms with Crippen LogP contribution in [0.2, 0.25) is 0 Å². The van der Waals surface area contributed by atoms with Gasteiger partial charge in [0.25, 0.3) is 5.91 Å². The number of amides is 1. The Morgan fingerprint density at radius 2 is 1.79 bits per heavy atom. The van der Waals surface area contributed by atoms with Gasteiger partial charge < -0.3 is 25.1 Å². The number of nitrogens with zero attached hydrogens (tertiary/aromatic N) is 3. The lowest BCUT2D eigenvalue weighted by Gasteiger charge is -2.26. The van der Waals surface area contributed by atoms with Crippen molar-refractivity contribution in [3.05, 3.63) is 101 Å². The average Bonchev–Trinajstić information content (AvgIpc) is 3.57. The number of carbonyl (C=O) groups is 2. The van der Waals surface area contributed by atoms with Crippen molar-refractivity contribution in [3.8, 4) is 17.2 Å². The number of aromatic nitrogens is 3. The molecule has 9 nitrogen and oxygen atoms in total. The predicted molar refractivity (Wildman–Crippen MR) is 148 cm³/mol. The van der Waals surface area contributed by atoms with Gasteiger partial charge in [0.1, 0.15) is 17.3 Å². The molecular formula is C30H27N5O4. The normalized spacial score (nSPS) is 13.5. The van der Waals surface area contributed by atoms with Gasteiger partial charge in [0.15, 0.2) is 0 Å². The zero-order valence-corrected chi connectivity index (χ0v) is 21.4. The lowest BCUT2D eigenvalue weighted by Crippen LogP contribution is -2.40. The molecule has 2 aromatic heterocycles. The number of para-hydroxylation sites is 1. The molecule has 1 saturated heterocycles. The minimum atomic E-state index is -0.281. The highest BCUT2D eigenvalue weighted by Gasteiger charge is 2.22. The third kappa shape index (κ3) is 4.75. The molecule has 0 aliphatic carbocycles. The summed E-state index contributed by atoms with van der Waals surface area (Å²) < 4.78 is 12.8. The minimum absolute atomic E-state index is 0.0460. The monoisotopic (exact) mass is 521 g/mol. The number of hydrogen-bond acceptors (Lipinski definition) is 6. The van der Waals surface area contributed by atoms with Crippen molar-refractivity contribution < 1.29 is 19.1 Å². The van der Waals surface area contributed by atoms with Crippen molar-refractivity contribution >= 4 is 28.4 Å². The van der Waals surface area contributed by atoms with E-state index in [4.69, 9.17) is 15.2 Å². The number of nitrogens with two attached hydrogens (primary N) is 1. The Hall–Kier alpha value is -4.89. The molecule has 0 bridgehead atoms. The minimum Gasteiger partial charge on any atom is -0.457 e. The summed E-state index contributed by atoms with van der Waals surface area (Å²) >= 11 is 0. The first-order valence-corrected chi connectivity index (χ1v) is 12.7. The van der Waals surface area contributed by atoms with Gasteiger partial charge in [-0.25, -0.2) is 4.68 Å². The van der Waals surface area contributed by atoms with Gasteiger partial charge >= 0.3 is 0 Å². The molecule has 5 aromatic rings. The number of morpholine rings is 1.